The minimum Gasteiger partial charge on any atom is -0.378 e. The van der Waals surface area contributed by atoms with Crippen molar-refractivity contribution < 1.29 is 4.74 Å². The van der Waals surface area contributed by atoms with Crippen LogP contribution in [-0.2, 0) is 11.2 Å². The Hall–Kier alpha value is -1.46. The molecule has 2 fully saturated rings. The van der Waals surface area contributed by atoms with E-state index in [-0.39, 0.29) is 0 Å². The van der Waals surface area contributed by atoms with Crippen LogP contribution in [0.25, 0.3) is 11.2 Å². The van der Waals surface area contributed by atoms with E-state index in [9.17, 15) is 0 Å². The summed E-state index contributed by atoms with van der Waals surface area (Å²) in [5.41, 5.74) is 2.04. The normalized spacial score (nSPS) is 26.4. The second-order valence-electron chi connectivity index (χ2n) is 6.44. The van der Waals surface area contributed by atoms with E-state index in [0.717, 1.165) is 49.5 Å². The van der Waals surface area contributed by atoms with Gasteiger partial charge in [0.05, 0.1) is 6.10 Å². The summed E-state index contributed by atoms with van der Waals surface area (Å²) in [5, 5.41) is 3.51. The number of nitrogens with zero attached hydrogens (tertiary/aromatic N) is 3. The van der Waals surface area contributed by atoms with Gasteiger partial charge in [-0.05, 0) is 50.8 Å². The molecule has 0 aliphatic carbocycles. The zero-order chi connectivity index (χ0) is 14.8. The third-order valence-corrected chi connectivity index (χ3v) is 4.84. The summed E-state index contributed by atoms with van der Waals surface area (Å²) in [6.07, 6.45) is 9.14. The molecule has 0 amide bonds. The zero-order valence-electron chi connectivity index (χ0n) is 13.0. The highest BCUT2D eigenvalue weighted by Crippen LogP contribution is 2.26. The Morgan fingerprint density at radius 1 is 1.27 bits per heavy atom. The lowest BCUT2D eigenvalue weighted by molar-refractivity contribution is 0.0150. The Morgan fingerprint density at radius 3 is 3.09 bits per heavy atom. The fraction of sp³-hybridized carbons (Fsp3) is 0.647. The van der Waals surface area contributed by atoms with Gasteiger partial charge in [0.15, 0.2) is 5.65 Å². The standard InChI is InChI=1S/C17H24N4O/c1-2-10-22-14(6-1)11-16-20-15-7-4-9-19-17(15)21(16)13-5-3-8-18-12-13/h4,7,9,13-14,18H,1-3,5-6,8,10-12H2. The van der Waals surface area contributed by atoms with E-state index in [2.05, 4.69) is 20.9 Å². The summed E-state index contributed by atoms with van der Waals surface area (Å²) >= 11 is 0. The number of rotatable bonds is 3. The molecule has 0 spiro atoms. The van der Waals surface area contributed by atoms with Gasteiger partial charge in [-0.1, -0.05) is 0 Å². The van der Waals surface area contributed by atoms with E-state index in [1.165, 1.54) is 25.7 Å². The van der Waals surface area contributed by atoms with Crippen molar-refractivity contribution in [1.82, 2.24) is 19.9 Å². The van der Waals surface area contributed by atoms with Crippen LogP contribution in [-0.4, -0.2) is 40.3 Å². The molecule has 2 saturated heterocycles. The van der Waals surface area contributed by atoms with Crippen molar-refractivity contribution in [3.8, 4) is 0 Å². The molecule has 2 aromatic heterocycles. The van der Waals surface area contributed by atoms with E-state index in [4.69, 9.17) is 9.72 Å². The number of hydrogen-bond donors (Lipinski definition) is 1. The van der Waals surface area contributed by atoms with Crippen molar-refractivity contribution >= 4 is 11.2 Å². The average Bonchev–Trinajstić information content (AvgIpc) is 2.94. The summed E-state index contributed by atoms with van der Waals surface area (Å²) in [7, 11) is 0. The summed E-state index contributed by atoms with van der Waals surface area (Å²) in [5.74, 6) is 1.15. The van der Waals surface area contributed by atoms with Crippen molar-refractivity contribution in [2.24, 2.45) is 0 Å². The van der Waals surface area contributed by atoms with Crippen molar-refractivity contribution in [2.45, 2.75) is 50.7 Å². The second kappa shape index (κ2) is 6.34. The van der Waals surface area contributed by atoms with Gasteiger partial charge in [0.25, 0.3) is 0 Å². The lowest BCUT2D eigenvalue weighted by atomic mass is 10.0. The number of nitrogens with one attached hydrogen (secondary N) is 1. The Labute approximate surface area is 131 Å². The molecule has 0 bridgehead atoms. The van der Waals surface area contributed by atoms with Crippen LogP contribution in [0.5, 0.6) is 0 Å². The molecule has 22 heavy (non-hydrogen) atoms. The Bertz CT molecular complexity index is 627. The van der Waals surface area contributed by atoms with Crippen LogP contribution in [0.15, 0.2) is 18.3 Å². The number of ether oxygens (including phenoxy) is 1. The van der Waals surface area contributed by atoms with Crippen molar-refractivity contribution in [3.63, 3.8) is 0 Å². The highest BCUT2D eigenvalue weighted by Gasteiger charge is 2.24. The van der Waals surface area contributed by atoms with E-state index in [1.54, 1.807) is 0 Å². The van der Waals surface area contributed by atoms with Crippen LogP contribution in [0.1, 0.15) is 44.0 Å². The van der Waals surface area contributed by atoms with Crippen LogP contribution in [0.2, 0.25) is 0 Å². The Kier molecular flexibility index (Phi) is 4.08. The van der Waals surface area contributed by atoms with Gasteiger partial charge >= 0.3 is 0 Å². The first-order valence-electron chi connectivity index (χ1n) is 8.56. The topological polar surface area (TPSA) is 52.0 Å². The summed E-state index contributed by atoms with van der Waals surface area (Å²) in [4.78, 5) is 9.48. The van der Waals surface area contributed by atoms with Gasteiger partial charge in [-0.3, -0.25) is 0 Å². The SMILES string of the molecule is c1cnc2c(c1)nc(CC1CCCCO1)n2C1CCCNC1. The lowest BCUT2D eigenvalue weighted by Gasteiger charge is -2.27. The molecule has 1 N–H and O–H groups in total. The first kappa shape index (κ1) is 14.2. The minimum atomic E-state index is 0.320. The lowest BCUT2D eigenvalue weighted by Crippen LogP contribution is -2.33. The van der Waals surface area contributed by atoms with Gasteiger partial charge in [-0.15, -0.1) is 0 Å². The van der Waals surface area contributed by atoms with Gasteiger partial charge < -0.3 is 14.6 Å². The predicted molar refractivity (Wildman–Crippen MR) is 86.0 cm³/mol. The van der Waals surface area contributed by atoms with E-state index in [1.807, 2.05) is 12.3 Å². The van der Waals surface area contributed by atoms with E-state index >= 15 is 0 Å². The highest BCUT2D eigenvalue weighted by atomic mass is 16.5. The maximum Gasteiger partial charge on any atom is 0.160 e. The summed E-state index contributed by atoms with van der Waals surface area (Å²) in [6.45, 7) is 3.03. The average molecular weight is 300 g/mol. The summed E-state index contributed by atoms with van der Waals surface area (Å²) in [6, 6.07) is 4.51. The molecule has 0 saturated carbocycles. The van der Waals surface area contributed by atoms with Gasteiger partial charge in [-0.2, -0.15) is 0 Å². The van der Waals surface area contributed by atoms with Crippen LogP contribution >= 0.6 is 0 Å². The fourth-order valence-electron chi connectivity index (χ4n) is 3.73. The zero-order valence-corrected chi connectivity index (χ0v) is 13.0. The monoisotopic (exact) mass is 300 g/mol. The molecule has 5 nitrogen and oxygen atoms in total. The number of fused-ring (bicyclic) bond motifs is 1. The molecular weight excluding hydrogens is 276 g/mol. The molecule has 4 heterocycles. The van der Waals surface area contributed by atoms with E-state index < -0.39 is 0 Å². The molecule has 5 heteroatoms. The second-order valence-corrected chi connectivity index (χ2v) is 6.44. The third-order valence-electron chi connectivity index (χ3n) is 4.84. The molecule has 118 valence electrons. The van der Waals surface area contributed by atoms with Gasteiger partial charge in [-0.25, -0.2) is 9.97 Å². The molecule has 0 radical (unpaired) electrons. The van der Waals surface area contributed by atoms with Crippen LogP contribution in [0, 0.1) is 0 Å². The predicted octanol–water partition coefficient (Wildman–Crippen LogP) is 2.47. The molecule has 2 atom stereocenters. The molecular formula is C17H24N4O. The number of piperidine rings is 1. The number of imidazole rings is 1. The quantitative estimate of drug-likeness (QED) is 0.946. The van der Waals surface area contributed by atoms with Crippen LogP contribution in [0.4, 0.5) is 0 Å². The molecule has 2 aliphatic rings. The molecule has 2 aromatic rings. The first-order chi connectivity index (χ1) is 10.9. The number of aromatic nitrogens is 3. The number of hydrogen-bond acceptors (Lipinski definition) is 4. The maximum absolute atomic E-state index is 5.93. The minimum absolute atomic E-state index is 0.320. The number of pyridine rings is 1. The van der Waals surface area contributed by atoms with Crippen molar-refractivity contribution in [3.05, 3.63) is 24.2 Å². The highest BCUT2D eigenvalue weighted by molar-refractivity contribution is 5.71. The van der Waals surface area contributed by atoms with Crippen molar-refractivity contribution in [2.75, 3.05) is 19.7 Å². The summed E-state index contributed by atoms with van der Waals surface area (Å²) < 4.78 is 8.31. The Morgan fingerprint density at radius 2 is 2.27 bits per heavy atom. The smallest absolute Gasteiger partial charge is 0.160 e. The largest absolute Gasteiger partial charge is 0.378 e. The van der Waals surface area contributed by atoms with Crippen LogP contribution in [0.3, 0.4) is 0 Å². The fourth-order valence-corrected chi connectivity index (χ4v) is 3.73. The molecule has 4 rings (SSSR count). The third kappa shape index (κ3) is 2.75. The van der Waals surface area contributed by atoms with Gasteiger partial charge in [0.2, 0.25) is 0 Å². The molecule has 2 aliphatic heterocycles. The first-order valence-corrected chi connectivity index (χ1v) is 8.56. The van der Waals surface area contributed by atoms with Gasteiger partial charge in [0.1, 0.15) is 11.3 Å². The van der Waals surface area contributed by atoms with Crippen molar-refractivity contribution in [1.29, 1.82) is 0 Å². The maximum atomic E-state index is 5.93. The Balaban J connectivity index is 1.68. The molecule has 2 unspecified atom stereocenters. The van der Waals surface area contributed by atoms with Crippen LogP contribution < -0.4 is 5.32 Å². The van der Waals surface area contributed by atoms with Gasteiger partial charge in [0, 0.05) is 31.8 Å². The molecule has 0 aromatic carbocycles. The van der Waals surface area contributed by atoms with E-state index in [0.29, 0.717) is 12.1 Å².